The normalized spacial score (nSPS) is 21.3. The van der Waals surface area contributed by atoms with Crippen LogP contribution in [0.25, 0.3) is 0 Å². The van der Waals surface area contributed by atoms with Crippen LogP contribution in [0.1, 0.15) is 63.0 Å². The smallest absolute Gasteiger partial charge is 0.0912 e. The fourth-order valence-electron chi connectivity index (χ4n) is 3.69. The molecule has 1 saturated carbocycles. The Morgan fingerprint density at radius 1 is 1.00 bits per heavy atom. The highest BCUT2D eigenvalue weighted by Gasteiger charge is 2.18. The maximum absolute atomic E-state index is 8.47. The molecule has 0 aromatic heterocycles. The van der Waals surface area contributed by atoms with Gasteiger partial charge in [0, 0.05) is 6.08 Å². The van der Waals surface area contributed by atoms with Gasteiger partial charge in [0.2, 0.25) is 0 Å². The molecule has 0 radical (unpaired) electrons. The number of hydrogen-bond donors (Lipinski definition) is 0. The molecule has 2 rings (SSSR count). The molecule has 0 spiro atoms. The second kappa shape index (κ2) is 10.9. The third-order valence-electron chi connectivity index (χ3n) is 5.32. The number of unbranched alkanes of at least 4 members (excludes halogenated alkanes) is 1. The van der Waals surface area contributed by atoms with Crippen molar-refractivity contribution in [3.05, 3.63) is 59.7 Å². The van der Waals surface area contributed by atoms with Crippen molar-refractivity contribution >= 4 is 0 Å². The standard InChI is InChI=1S/C23H31N/c1-2-20-11-13-22(14-12-20)9-5-6-10-23-17-15-21(16-18-23)8-4-3-7-19-24/h3-4,7-8,11-14,21,23H,2,5-6,9-10,15-18H2,1H3/t21-,23-. The van der Waals surface area contributed by atoms with Crippen molar-refractivity contribution in [1.82, 2.24) is 0 Å². The summed E-state index contributed by atoms with van der Waals surface area (Å²) in [6.07, 6.45) is 19.6. The molecule has 0 N–H and O–H groups in total. The van der Waals surface area contributed by atoms with E-state index < -0.39 is 0 Å². The largest absolute Gasteiger partial charge is 0.193 e. The lowest BCUT2D eigenvalue weighted by atomic mass is 9.79. The minimum Gasteiger partial charge on any atom is -0.193 e. The lowest BCUT2D eigenvalue weighted by Gasteiger charge is -2.26. The molecule has 1 aromatic rings. The number of hydrogen-bond acceptors (Lipinski definition) is 1. The molecule has 0 aliphatic heterocycles. The lowest BCUT2D eigenvalue weighted by molar-refractivity contribution is 0.289. The Kier molecular flexibility index (Phi) is 8.39. The number of aryl methyl sites for hydroxylation is 2. The Morgan fingerprint density at radius 3 is 2.38 bits per heavy atom. The van der Waals surface area contributed by atoms with E-state index in [9.17, 15) is 0 Å². The summed E-state index contributed by atoms with van der Waals surface area (Å²) in [5.74, 6) is 1.66. The van der Waals surface area contributed by atoms with Gasteiger partial charge in [0.05, 0.1) is 6.07 Å². The summed E-state index contributed by atoms with van der Waals surface area (Å²) < 4.78 is 0. The zero-order chi connectivity index (χ0) is 17.0. The fourth-order valence-corrected chi connectivity index (χ4v) is 3.69. The summed E-state index contributed by atoms with van der Waals surface area (Å²) in [4.78, 5) is 0. The van der Waals surface area contributed by atoms with Crippen LogP contribution in [0.15, 0.2) is 48.6 Å². The van der Waals surface area contributed by atoms with Crippen LogP contribution in [0.4, 0.5) is 0 Å². The second-order valence-corrected chi connectivity index (χ2v) is 7.07. The average molecular weight is 322 g/mol. The summed E-state index contributed by atoms with van der Waals surface area (Å²) in [7, 11) is 0. The number of rotatable bonds is 8. The number of allylic oxidation sites excluding steroid dienone is 4. The van der Waals surface area contributed by atoms with Crippen LogP contribution in [0, 0.1) is 23.2 Å². The molecule has 0 atom stereocenters. The first-order chi connectivity index (χ1) is 11.8. The van der Waals surface area contributed by atoms with Gasteiger partial charge in [-0.1, -0.05) is 62.3 Å². The molecule has 0 unspecified atom stereocenters. The van der Waals surface area contributed by atoms with Gasteiger partial charge in [-0.25, -0.2) is 0 Å². The van der Waals surface area contributed by atoms with E-state index in [1.165, 1.54) is 68.6 Å². The second-order valence-electron chi connectivity index (χ2n) is 7.07. The van der Waals surface area contributed by atoms with Crippen LogP contribution in [0.5, 0.6) is 0 Å². The molecule has 0 bridgehead atoms. The van der Waals surface area contributed by atoms with E-state index in [4.69, 9.17) is 5.26 Å². The topological polar surface area (TPSA) is 23.8 Å². The first-order valence-corrected chi connectivity index (χ1v) is 9.62. The van der Waals surface area contributed by atoms with Crippen molar-refractivity contribution in [3.8, 4) is 6.07 Å². The number of nitriles is 1. The molecule has 1 nitrogen and oxygen atoms in total. The summed E-state index contributed by atoms with van der Waals surface area (Å²) in [6.45, 7) is 2.21. The van der Waals surface area contributed by atoms with Crippen LogP contribution < -0.4 is 0 Å². The minimum atomic E-state index is 0.724. The maximum atomic E-state index is 8.47. The highest BCUT2D eigenvalue weighted by molar-refractivity contribution is 5.22. The Labute approximate surface area is 148 Å². The molecule has 1 heteroatoms. The Hall–Kier alpha value is -1.81. The quantitative estimate of drug-likeness (QED) is 0.308. The summed E-state index contributed by atoms with van der Waals surface area (Å²) in [6, 6.07) is 11.2. The summed E-state index contributed by atoms with van der Waals surface area (Å²) in [5.41, 5.74) is 2.93. The van der Waals surface area contributed by atoms with Crippen LogP contribution >= 0.6 is 0 Å². The van der Waals surface area contributed by atoms with Gasteiger partial charge >= 0.3 is 0 Å². The van der Waals surface area contributed by atoms with Gasteiger partial charge in [0.15, 0.2) is 0 Å². The van der Waals surface area contributed by atoms with E-state index in [1.54, 1.807) is 0 Å². The Morgan fingerprint density at radius 2 is 1.71 bits per heavy atom. The van der Waals surface area contributed by atoms with Crippen LogP contribution in [0.2, 0.25) is 0 Å². The van der Waals surface area contributed by atoms with Crippen LogP contribution in [-0.2, 0) is 12.8 Å². The van der Waals surface area contributed by atoms with Crippen molar-refractivity contribution < 1.29 is 0 Å². The zero-order valence-corrected chi connectivity index (χ0v) is 15.1. The first-order valence-electron chi connectivity index (χ1n) is 9.62. The molecule has 1 aliphatic carbocycles. The zero-order valence-electron chi connectivity index (χ0n) is 15.1. The van der Waals surface area contributed by atoms with Crippen molar-refractivity contribution in [2.24, 2.45) is 11.8 Å². The molecular formula is C23H31N. The van der Waals surface area contributed by atoms with Crippen molar-refractivity contribution in [2.75, 3.05) is 0 Å². The van der Waals surface area contributed by atoms with Gasteiger partial charge in [-0.2, -0.15) is 5.26 Å². The van der Waals surface area contributed by atoms with Crippen molar-refractivity contribution in [2.45, 2.75) is 64.7 Å². The first kappa shape index (κ1) is 18.5. The highest BCUT2D eigenvalue weighted by Crippen LogP contribution is 2.32. The number of benzene rings is 1. The minimum absolute atomic E-state index is 0.724. The molecular weight excluding hydrogens is 290 g/mol. The van der Waals surface area contributed by atoms with Gasteiger partial charge in [0.1, 0.15) is 0 Å². The predicted molar refractivity (Wildman–Crippen MR) is 103 cm³/mol. The monoisotopic (exact) mass is 321 g/mol. The van der Waals surface area contributed by atoms with Gasteiger partial charge in [-0.3, -0.25) is 0 Å². The molecule has 0 heterocycles. The third kappa shape index (κ3) is 6.75. The lowest BCUT2D eigenvalue weighted by Crippen LogP contribution is -2.13. The van der Waals surface area contributed by atoms with Crippen LogP contribution in [-0.4, -0.2) is 0 Å². The summed E-state index contributed by atoms with van der Waals surface area (Å²) >= 11 is 0. The fraction of sp³-hybridized carbons (Fsp3) is 0.522. The van der Waals surface area contributed by atoms with E-state index in [-0.39, 0.29) is 0 Å². The highest BCUT2D eigenvalue weighted by atomic mass is 14.2. The summed E-state index contributed by atoms with van der Waals surface area (Å²) in [5, 5.41) is 8.47. The molecule has 1 aliphatic rings. The predicted octanol–water partition coefficient (Wildman–Crippen LogP) is 6.40. The average Bonchev–Trinajstić information content (AvgIpc) is 2.64. The van der Waals surface area contributed by atoms with Gasteiger partial charge in [-0.05, 0) is 67.9 Å². The molecule has 24 heavy (non-hydrogen) atoms. The van der Waals surface area contributed by atoms with Crippen molar-refractivity contribution in [3.63, 3.8) is 0 Å². The molecule has 1 fully saturated rings. The number of nitrogens with zero attached hydrogens (tertiary/aromatic N) is 1. The SMILES string of the molecule is CCc1ccc(CCCC[C@H]2CC[C@H](C=CC=CC#N)CC2)cc1. The van der Waals surface area contributed by atoms with Gasteiger partial charge in [0.25, 0.3) is 0 Å². The maximum Gasteiger partial charge on any atom is 0.0912 e. The molecule has 128 valence electrons. The molecule has 0 amide bonds. The van der Waals surface area contributed by atoms with Crippen molar-refractivity contribution in [1.29, 1.82) is 5.26 Å². The van der Waals surface area contributed by atoms with E-state index in [1.807, 2.05) is 18.2 Å². The van der Waals surface area contributed by atoms with E-state index in [0.717, 1.165) is 18.3 Å². The third-order valence-corrected chi connectivity index (χ3v) is 5.32. The Balaban J connectivity index is 1.58. The van der Waals surface area contributed by atoms with E-state index in [0.29, 0.717) is 0 Å². The van der Waals surface area contributed by atoms with Gasteiger partial charge < -0.3 is 0 Å². The van der Waals surface area contributed by atoms with Crippen LogP contribution in [0.3, 0.4) is 0 Å². The van der Waals surface area contributed by atoms with Gasteiger partial charge in [-0.15, -0.1) is 0 Å². The van der Waals surface area contributed by atoms with E-state index >= 15 is 0 Å². The van der Waals surface area contributed by atoms with E-state index in [2.05, 4.69) is 37.3 Å². The Bertz CT molecular complexity index is 551. The molecule has 0 saturated heterocycles. The molecule has 1 aromatic carbocycles.